The number of carboxylic acids is 1. The second-order valence-electron chi connectivity index (χ2n) is 7.23. The third-order valence-corrected chi connectivity index (χ3v) is 4.99. The van der Waals surface area contributed by atoms with Crippen LogP contribution in [0.15, 0.2) is 54.7 Å². The number of ether oxygens (including phenoxy) is 1. The Kier molecular flexibility index (Phi) is 5.60. The van der Waals surface area contributed by atoms with Gasteiger partial charge in [0.05, 0.1) is 23.4 Å². The molecule has 0 amide bonds. The summed E-state index contributed by atoms with van der Waals surface area (Å²) in [7, 11) is 0. The van der Waals surface area contributed by atoms with E-state index in [1.165, 1.54) is 16.9 Å². The van der Waals surface area contributed by atoms with Crippen LogP contribution >= 0.6 is 0 Å². The van der Waals surface area contributed by atoms with Gasteiger partial charge in [-0.3, -0.25) is 4.79 Å². The summed E-state index contributed by atoms with van der Waals surface area (Å²) in [6, 6.07) is 12.0. The number of carbonyl (C=O) groups is 1. The maximum absolute atomic E-state index is 12.7. The van der Waals surface area contributed by atoms with Crippen LogP contribution in [0.5, 0.6) is 5.75 Å². The normalized spacial score (nSPS) is 11.8. The number of halogens is 3. The number of rotatable bonds is 7. The summed E-state index contributed by atoms with van der Waals surface area (Å²) in [5.41, 5.74) is 1.75. The standard InChI is InChI=1S/C22H19F3N4O3/c1-14-19(27-29(26-14)17-4-2-16(3-5-17)22(23,24)25)13-32-18-6-7-20-15(12-18)8-10-28(20)11-9-21(30)31/h2-8,10,12H,9,11,13H2,1H3,(H,30,31). The molecule has 4 aromatic rings. The summed E-state index contributed by atoms with van der Waals surface area (Å²) >= 11 is 0. The number of fused-ring (bicyclic) bond motifs is 1. The van der Waals surface area contributed by atoms with Crippen molar-refractivity contribution in [3.63, 3.8) is 0 Å². The number of hydrogen-bond acceptors (Lipinski definition) is 4. The Morgan fingerprint density at radius 1 is 1.09 bits per heavy atom. The third kappa shape index (κ3) is 4.58. The molecule has 2 aromatic carbocycles. The highest BCUT2D eigenvalue weighted by molar-refractivity contribution is 5.81. The third-order valence-electron chi connectivity index (χ3n) is 4.99. The first kappa shape index (κ1) is 21.4. The largest absolute Gasteiger partial charge is 0.487 e. The molecule has 0 radical (unpaired) electrons. The van der Waals surface area contributed by atoms with Crippen LogP contribution in [0.1, 0.15) is 23.4 Å². The molecule has 2 aromatic heterocycles. The first-order valence-electron chi connectivity index (χ1n) is 9.74. The molecule has 0 fully saturated rings. The lowest BCUT2D eigenvalue weighted by atomic mass is 10.2. The summed E-state index contributed by atoms with van der Waals surface area (Å²) in [5, 5.41) is 18.4. The van der Waals surface area contributed by atoms with Crippen LogP contribution in [0, 0.1) is 6.92 Å². The van der Waals surface area contributed by atoms with E-state index < -0.39 is 17.7 Å². The van der Waals surface area contributed by atoms with Crippen LogP contribution in [0.4, 0.5) is 13.2 Å². The average Bonchev–Trinajstić information content (AvgIpc) is 3.33. The van der Waals surface area contributed by atoms with Gasteiger partial charge in [-0.05, 0) is 55.5 Å². The number of aliphatic carboxylic acids is 1. The molecule has 0 aliphatic heterocycles. The fourth-order valence-corrected chi connectivity index (χ4v) is 3.27. The monoisotopic (exact) mass is 444 g/mol. The van der Waals surface area contributed by atoms with Crippen LogP contribution in [-0.4, -0.2) is 30.6 Å². The van der Waals surface area contributed by atoms with Crippen molar-refractivity contribution in [2.45, 2.75) is 32.7 Å². The highest BCUT2D eigenvalue weighted by Crippen LogP contribution is 2.29. The van der Waals surface area contributed by atoms with E-state index in [1.54, 1.807) is 13.0 Å². The molecule has 0 unspecified atom stereocenters. The molecular weight excluding hydrogens is 425 g/mol. The zero-order chi connectivity index (χ0) is 22.9. The number of aryl methyl sites for hydroxylation is 2. The summed E-state index contributed by atoms with van der Waals surface area (Å²) in [6.45, 7) is 2.26. The number of carboxylic acid groups (broad SMARTS) is 1. The van der Waals surface area contributed by atoms with E-state index in [-0.39, 0.29) is 13.0 Å². The van der Waals surface area contributed by atoms with Crippen LogP contribution < -0.4 is 4.74 Å². The molecule has 0 atom stereocenters. The SMILES string of the molecule is Cc1nn(-c2ccc(C(F)(F)F)cc2)nc1COc1ccc2c(ccn2CCC(=O)O)c1. The fraction of sp³-hybridized carbons (Fsp3) is 0.227. The minimum Gasteiger partial charge on any atom is -0.487 e. The molecule has 4 rings (SSSR count). The van der Waals surface area contributed by atoms with E-state index in [0.717, 1.165) is 23.0 Å². The lowest BCUT2D eigenvalue weighted by Gasteiger charge is -2.07. The fourth-order valence-electron chi connectivity index (χ4n) is 3.27. The zero-order valence-electron chi connectivity index (χ0n) is 17.0. The maximum Gasteiger partial charge on any atom is 0.416 e. The summed E-state index contributed by atoms with van der Waals surface area (Å²) in [6.07, 6.45) is -2.53. The Morgan fingerprint density at radius 3 is 2.53 bits per heavy atom. The highest BCUT2D eigenvalue weighted by atomic mass is 19.4. The molecule has 7 nitrogen and oxygen atoms in total. The zero-order valence-corrected chi connectivity index (χ0v) is 17.0. The molecule has 10 heteroatoms. The van der Waals surface area contributed by atoms with Crippen molar-refractivity contribution in [3.8, 4) is 11.4 Å². The van der Waals surface area contributed by atoms with Gasteiger partial charge in [-0.25, -0.2) is 0 Å². The van der Waals surface area contributed by atoms with E-state index in [4.69, 9.17) is 9.84 Å². The van der Waals surface area contributed by atoms with Gasteiger partial charge in [0, 0.05) is 23.6 Å². The predicted molar refractivity (Wildman–Crippen MR) is 110 cm³/mol. The van der Waals surface area contributed by atoms with Crippen molar-refractivity contribution < 1.29 is 27.8 Å². The van der Waals surface area contributed by atoms with Gasteiger partial charge in [0.2, 0.25) is 0 Å². The second kappa shape index (κ2) is 8.37. The predicted octanol–water partition coefficient (Wildman–Crippen LogP) is 4.60. The Morgan fingerprint density at radius 2 is 1.84 bits per heavy atom. The van der Waals surface area contributed by atoms with Gasteiger partial charge >= 0.3 is 12.1 Å². The smallest absolute Gasteiger partial charge is 0.416 e. The Labute approximate surface area is 180 Å². The summed E-state index contributed by atoms with van der Waals surface area (Å²) < 4.78 is 45.9. The van der Waals surface area contributed by atoms with E-state index >= 15 is 0 Å². The second-order valence-corrected chi connectivity index (χ2v) is 7.23. The molecule has 2 heterocycles. The molecule has 1 N–H and O–H groups in total. The molecular formula is C22H19F3N4O3. The van der Waals surface area contributed by atoms with Crippen molar-refractivity contribution in [1.82, 2.24) is 19.6 Å². The van der Waals surface area contributed by atoms with Gasteiger partial charge in [-0.15, -0.1) is 5.10 Å². The average molecular weight is 444 g/mol. The number of aromatic nitrogens is 4. The van der Waals surface area contributed by atoms with Gasteiger partial charge in [0.15, 0.2) is 0 Å². The van der Waals surface area contributed by atoms with Crippen molar-refractivity contribution in [3.05, 3.63) is 71.7 Å². The molecule has 32 heavy (non-hydrogen) atoms. The Hall–Kier alpha value is -3.82. The number of benzene rings is 2. The van der Waals surface area contributed by atoms with Crippen LogP contribution in [0.3, 0.4) is 0 Å². The van der Waals surface area contributed by atoms with Crippen molar-refractivity contribution in [2.24, 2.45) is 0 Å². The van der Waals surface area contributed by atoms with Crippen molar-refractivity contribution in [2.75, 3.05) is 0 Å². The summed E-state index contributed by atoms with van der Waals surface area (Å²) in [5.74, 6) is -0.247. The lowest BCUT2D eigenvalue weighted by Crippen LogP contribution is -2.06. The first-order valence-corrected chi connectivity index (χ1v) is 9.74. The number of nitrogens with zero attached hydrogens (tertiary/aromatic N) is 4. The number of alkyl halides is 3. The first-order chi connectivity index (χ1) is 15.2. The quantitative estimate of drug-likeness (QED) is 0.450. The van der Waals surface area contributed by atoms with Crippen LogP contribution in [-0.2, 0) is 24.1 Å². The Balaban J connectivity index is 1.45. The van der Waals surface area contributed by atoms with Crippen LogP contribution in [0.2, 0.25) is 0 Å². The topological polar surface area (TPSA) is 82.2 Å². The summed E-state index contributed by atoms with van der Waals surface area (Å²) in [4.78, 5) is 12.1. The van der Waals surface area contributed by atoms with E-state index in [0.29, 0.717) is 29.4 Å². The van der Waals surface area contributed by atoms with Crippen molar-refractivity contribution in [1.29, 1.82) is 0 Å². The van der Waals surface area contributed by atoms with Gasteiger partial charge in [-0.2, -0.15) is 23.1 Å². The van der Waals surface area contributed by atoms with Crippen LogP contribution in [0.25, 0.3) is 16.6 Å². The molecule has 0 bridgehead atoms. The van der Waals surface area contributed by atoms with Gasteiger partial charge in [0.1, 0.15) is 18.1 Å². The van der Waals surface area contributed by atoms with Crippen molar-refractivity contribution >= 4 is 16.9 Å². The molecule has 0 aliphatic rings. The van der Waals surface area contributed by atoms with E-state index in [9.17, 15) is 18.0 Å². The molecule has 0 spiro atoms. The minimum atomic E-state index is -4.40. The van der Waals surface area contributed by atoms with Gasteiger partial charge in [0.25, 0.3) is 0 Å². The molecule has 0 aliphatic carbocycles. The van der Waals surface area contributed by atoms with E-state index in [1.807, 2.05) is 29.0 Å². The highest BCUT2D eigenvalue weighted by Gasteiger charge is 2.30. The van der Waals surface area contributed by atoms with Gasteiger partial charge in [-0.1, -0.05) is 0 Å². The Bertz CT molecular complexity index is 1260. The molecule has 166 valence electrons. The number of hydrogen-bond donors (Lipinski definition) is 1. The molecule has 0 saturated carbocycles. The minimum absolute atomic E-state index is 0.0376. The van der Waals surface area contributed by atoms with E-state index in [2.05, 4.69) is 10.2 Å². The lowest BCUT2D eigenvalue weighted by molar-refractivity contribution is -0.138. The van der Waals surface area contributed by atoms with Gasteiger partial charge < -0.3 is 14.4 Å². The molecule has 0 saturated heterocycles. The maximum atomic E-state index is 12.7.